The molecule has 7 heteroatoms. The van der Waals surface area contributed by atoms with Crippen LogP contribution in [0.4, 0.5) is 0 Å². The van der Waals surface area contributed by atoms with Crippen molar-refractivity contribution in [1.82, 2.24) is 25.0 Å². The van der Waals surface area contributed by atoms with E-state index in [1.807, 2.05) is 17.0 Å². The molecular formula is C17H24ClN5O. The lowest BCUT2D eigenvalue weighted by Crippen LogP contribution is -2.36. The third-order valence-electron chi connectivity index (χ3n) is 4.18. The minimum atomic E-state index is 0. The van der Waals surface area contributed by atoms with Crippen LogP contribution in [0.5, 0.6) is 0 Å². The molecule has 1 aromatic carbocycles. The molecule has 1 saturated heterocycles. The van der Waals surface area contributed by atoms with Crippen molar-refractivity contribution in [2.75, 3.05) is 19.6 Å². The Bertz CT molecular complexity index is 614. The van der Waals surface area contributed by atoms with Crippen LogP contribution in [0.15, 0.2) is 36.9 Å². The number of nitrogens with zero attached hydrogens (tertiary/aromatic N) is 4. The molecule has 1 N–H and O–H groups in total. The molecule has 3 rings (SSSR count). The van der Waals surface area contributed by atoms with Crippen molar-refractivity contribution in [3.8, 4) is 5.69 Å². The van der Waals surface area contributed by atoms with Crippen LogP contribution in [0.2, 0.25) is 0 Å². The zero-order valence-electron chi connectivity index (χ0n) is 13.7. The third-order valence-corrected chi connectivity index (χ3v) is 4.18. The Morgan fingerprint density at radius 2 is 1.96 bits per heavy atom. The van der Waals surface area contributed by atoms with Gasteiger partial charge in [0.15, 0.2) is 0 Å². The minimum Gasteiger partial charge on any atom is -0.341 e. The summed E-state index contributed by atoms with van der Waals surface area (Å²) in [4.78, 5) is 17.9. The van der Waals surface area contributed by atoms with E-state index in [-0.39, 0.29) is 12.4 Å². The lowest BCUT2D eigenvalue weighted by Gasteiger charge is -2.20. The van der Waals surface area contributed by atoms with E-state index in [1.54, 1.807) is 11.0 Å². The number of aromatic nitrogens is 3. The Morgan fingerprint density at radius 1 is 1.12 bits per heavy atom. The average molecular weight is 350 g/mol. The second kappa shape index (κ2) is 9.39. The molecule has 2 aromatic rings. The molecule has 1 aromatic heterocycles. The fourth-order valence-corrected chi connectivity index (χ4v) is 2.83. The molecule has 0 saturated carbocycles. The molecule has 0 aliphatic carbocycles. The smallest absolute Gasteiger partial charge is 0.222 e. The van der Waals surface area contributed by atoms with Gasteiger partial charge in [-0.25, -0.2) is 9.67 Å². The quantitative estimate of drug-likeness (QED) is 0.812. The number of rotatable bonds is 6. The maximum absolute atomic E-state index is 11.9. The maximum atomic E-state index is 11.9. The maximum Gasteiger partial charge on any atom is 0.222 e. The lowest BCUT2D eigenvalue weighted by atomic mass is 10.2. The number of nitrogens with one attached hydrogen (secondary N) is 1. The molecule has 0 atom stereocenters. The van der Waals surface area contributed by atoms with Gasteiger partial charge in [0.05, 0.1) is 5.69 Å². The highest BCUT2D eigenvalue weighted by Gasteiger charge is 2.15. The van der Waals surface area contributed by atoms with Gasteiger partial charge in [-0.05, 0) is 30.5 Å². The monoisotopic (exact) mass is 349 g/mol. The average Bonchev–Trinajstić information content (AvgIpc) is 3.03. The van der Waals surface area contributed by atoms with Gasteiger partial charge in [-0.1, -0.05) is 18.6 Å². The van der Waals surface area contributed by atoms with Crippen LogP contribution in [-0.2, 0) is 11.3 Å². The number of hydrogen-bond acceptors (Lipinski definition) is 4. The number of carbonyl (C=O) groups is 1. The predicted octanol–water partition coefficient (Wildman–Crippen LogP) is 2.18. The van der Waals surface area contributed by atoms with Gasteiger partial charge < -0.3 is 10.2 Å². The zero-order chi connectivity index (χ0) is 15.9. The summed E-state index contributed by atoms with van der Waals surface area (Å²) in [7, 11) is 0. The van der Waals surface area contributed by atoms with Gasteiger partial charge in [0.2, 0.25) is 5.91 Å². The van der Waals surface area contributed by atoms with E-state index in [9.17, 15) is 4.79 Å². The summed E-state index contributed by atoms with van der Waals surface area (Å²) < 4.78 is 1.74. The van der Waals surface area contributed by atoms with E-state index in [0.717, 1.165) is 44.7 Å². The van der Waals surface area contributed by atoms with Crippen LogP contribution in [0.25, 0.3) is 5.69 Å². The summed E-state index contributed by atoms with van der Waals surface area (Å²) in [5, 5.41) is 7.53. The Balaban J connectivity index is 0.00000208. The van der Waals surface area contributed by atoms with E-state index < -0.39 is 0 Å². The van der Waals surface area contributed by atoms with Gasteiger partial charge in [-0.2, -0.15) is 5.10 Å². The Labute approximate surface area is 148 Å². The van der Waals surface area contributed by atoms with E-state index >= 15 is 0 Å². The molecule has 1 fully saturated rings. The van der Waals surface area contributed by atoms with E-state index in [1.165, 1.54) is 18.3 Å². The molecule has 1 amide bonds. The molecule has 0 radical (unpaired) electrons. The molecule has 0 unspecified atom stereocenters. The summed E-state index contributed by atoms with van der Waals surface area (Å²) in [6.07, 6.45) is 7.28. The fraction of sp³-hybridized carbons (Fsp3) is 0.471. The van der Waals surface area contributed by atoms with Gasteiger partial charge in [-0.3, -0.25) is 4.79 Å². The van der Waals surface area contributed by atoms with Crippen molar-refractivity contribution in [3.05, 3.63) is 42.5 Å². The molecule has 0 spiro atoms. The van der Waals surface area contributed by atoms with Crippen LogP contribution in [0.1, 0.15) is 31.2 Å². The van der Waals surface area contributed by atoms with E-state index in [2.05, 4.69) is 27.5 Å². The number of likely N-dealkylation sites (tertiary alicyclic amines) is 1. The van der Waals surface area contributed by atoms with Crippen molar-refractivity contribution >= 4 is 18.3 Å². The van der Waals surface area contributed by atoms with Gasteiger partial charge in [0.25, 0.3) is 0 Å². The summed E-state index contributed by atoms with van der Waals surface area (Å²) in [5.74, 6) is 0.307. The second-order valence-electron chi connectivity index (χ2n) is 5.87. The zero-order valence-corrected chi connectivity index (χ0v) is 14.5. The number of hydrogen-bond donors (Lipinski definition) is 1. The molecule has 24 heavy (non-hydrogen) atoms. The Kier molecular flexibility index (Phi) is 7.21. The van der Waals surface area contributed by atoms with Crippen LogP contribution < -0.4 is 5.32 Å². The number of halogens is 1. The molecule has 0 bridgehead atoms. The SMILES string of the molecule is Cl.O=C1CCCCCN1CCNCc1ccc(-n2cncn2)cc1. The van der Waals surface area contributed by atoms with Crippen molar-refractivity contribution in [2.24, 2.45) is 0 Å². The standard InChI is InChI=1S/C17H23N5O.ClH/c23-17-4-2-1-3-10-21(17)11-9-18-12-15-5-7-16(8-6-15)22-14-19-13-20-22;/h5-8,13-14,18H,1-4,9-12H2;1H. The molecular weight excluding hydrogens is 326 g/mol. The second-order valence-corrected chi connectivity index (χ2v) is 5.87. The number of amides is 1. The third kappa shape index (κ3) is 5.04. The Morgan fingerprint density at radius 3 is 2.71 bits per heavy atom. The molecule has 1 aliphatic rings. The summed E-state index contributed by atoms with van der Waals surface area (Å²) in [5.41, 5.74) is 2.22. The highest BCUT2D eigenvalue weighted by atomic mass is 35.5. The fourth-order valence-electron chi connectivity index (χ4n) is 2.83. The van der Waals surface area contributed by atoms with Gasteiger partial charge >= 0.3 is 0 Å². The molecule has 130 valence electrons. The molecule has 1 aliphatic heterocycles. The first kappa shape index (κ1) is 18.4. The molecule has 2 heterocycles. The summed E-state index contributed by atoms with van der Waals surface area (Å²) in [6, 6.07) is 8.23. The first-order valence-corrected chi connectivity index (χ1v) is 8.25. The van der Waals surface area contributed by atoms with Crippen molar-refractivity contribution in [2.45, 2.75) is 32.2 Å². The first-order chi connectivity index (χ1) is 11.3. The highest BCUT2D eigenvalue weighted by Crippen LogP contribution is 2.11. The van der Waals surface area contributed by atoms with Crippen LogP contribution in [0.3, 0.4) is 0 Å². The normalized spacial score (nSPS) is 15.0. The van der Waals surface area contributed by atoms with Gasteiger partial charge in [0.1, 0.15) is 12.7 Å². The predicted molar refractivity (Wildman–Crippen MR) is 95.4 cm³/mol. The number of benzene rings is 1. The van der Waals surface area contributed by atoms with E-state index in [0.29, 0.717) is 12.3 Å². The van der Waals surface area contributed by atoms with Crippen LogP contribution in [0, 0.1) is 0 Å². The van der Waals surface area contributed by atoms with Gasteiger partial charge in [-0.15, -0.1) is 12.4 Å². The van der Waals surface area contributed by atoms with Crippen molar-refractivity contribution in [3.63, 3.8) is 0 Å². The topological polar surface area (TPSA) is 63.1 Å². The highest BCUT2D eigenvalue weighted by molar-refractivity contribution is 5.85. The molecule has 6 nitrogen and oxygen atoms in total. The summed E-state index contributed by atoms with van der Waals surface area (Å²) >= 11 is 0. The van der Waals surface area contributed by atoms with Gasteiger partial charge in [0, 0.05) is 32.6 Å². The minimum absolute atomic E-state index is 0. The lowest BCUT2D eigenvalue weighted by molar-refractivity contribution is -0.130. The van der Waals surface area contributed by atoms with Crippen molar-refractivity contribution < 1.29 is 4.79 Å². The van der Waals surface area contributed by atoms with E-state index in [4.69, 9.17) is 0 Å². The summed E-state index contributed by atoms with van der Waals surface area (Å²) in [6.45, 7) is 3.35. The first-order valence-electron chi connectivity index (χ1n) is 8.25. The van der Waals surface area contributed by atoms with Crippen LogP contribution in [-0.4, -0.2) is 45.2 Å². The van der Waals surface area contributed by atoms with Crippen LogP contribution >= 0.6 is 12.4 Å². The Hall–Kier alpha value is -1.92. The van der Waals surface area contributed by atoms with Crippen molar-refractivity contribution in [1.29, 1.82) is 0 Å². The largest absolute Gasteiger partial charge is 0.341 e. The number of carbonyl (C=O) groups excluding carboxylic acids is 1.